The standard InChI is InChI=1S/C22H23ClFN5O/c1-22(2)21-27-19(14-3-5-15(23)6-4-14)20(26-17-9-7-16(24)8-10-17)28(21)11-12-29(22)18(30)13-25/h3-10,26H,11-13,25H2,1-2H3. The Morgan fingerprint density at radius 2 is 1.83 bits per heavy atom. The predicted molar refractivity (Wildman–Crippen MR) is 116 cm³/mol. The molecule has 8 heteroatoms. The molecule has 0 unspecified atom stereocenters. The van der Waals surface area contributed by atoms with Crippen LogP contribution in [0.1, 0.15) is 19.7 Å². The quantitative estimate of drug-likeness (QED) is 0.656. The van der Waals surface area contributed by atoms with Crippen LogP contribution in [0.5, 0.6) is 0 Å². The summed E-state index contributed by atoms with van der Waals surface area (Å²) in [6, 6.07) is 13.6. The van der Waals surface area contributed by atoms with Gasteiger partial charge < -0.3 is 20.5 Å². The van der Waals surface area contributed by atoms with Crippen molar-refractivity contribution >= 4 is 29.0 Å². The molecule has 3 aromatic rings. The first-order valence-corrected chi connectivity index (χ1v) is 10.1. The number of rotatable bonds is 4. The number of benzene rings is 2. The van der Waals surface area contributed by atoms with Gasteiger partial charge in [-0.05, 0) is 50.2 Å². The van der Waals surface area contributed by atoms with Crippen molar-refractivity contribution in [3.8, 4) is 11.3 Å². The van der Waals surface area contributed by atoms with Crippen LogP contribution < -0.4 is 11.1 Å². The summed E-state index contributed by atoms with van der Waals surface area (Å²) in [7, 11) is 0. The molecule has 2 aromatic carbocycles. The molecule has 0 radical (unpaired) electrons. The fraction of sp³-hybridized carbons (Fsp3) is 0.273. The van der Waals surface area contributed by atoms with E-state index in [1.165, 1.54) is 12.1 Å². The molecule has 1 amide bonds. The molecule has 2 heterocycles. The van der Waals surface area contributed by atoms with Crippen molar-refractivity contribution in [3.63, 3.8) is 0 Å². The van der Waals surface area contributed by atoms with Crippen LogP contribution in [0.25, 0.3) is 11.3 Å². The van der Waals surface area contributed by atoms with Crippen LogP contribution in [0, 0.1) is 5.82 Å². The SMILES string of the molecule is CC1(C)c2nc(-c3ccc(Cl)cc3)c(Nc3ccc(F)cc3)n2CCN1C(=O)CN. The third-order valence-corrected chi connectivity index (χ3v) is 5.69. The van der Waals surface area contributed by atoms with Crippen LogP contribution >= 0.6 is 11.6 Å². The molecule has 0 spiro atoms. The van der Waals surface area contributed by atoms with E-state index in [1.54, 1.807) is 17.0 Å². The molecule has 30 heavy (non-hydrogen) atoms. The summed E-state index contributed by atoms with van der Waals surface area (Å²) in [5.41, 5.74) is 7.35. The van der Waals surface area contributed by atoms with E-state index in [2.05, 4.69) is 9.88 Å². The van der Waals surface area contributed by atoms with Crippen molar-refractivity contribution in [2.75, 3.05) is 18.4 Å². The van der Waals surface area contributed by atoms with Gasteiger partial charge in [-0.1, -0.05) is 23.7 Å². The first kappa shape index (κ1) is 20.4. The van der Waals surface area contributed by atoms with E-state index < -0.39 is 5.54 Å². The second-order valence-corrected chi connectivity index (χ2v) is 8.17. The van der Waals surface area contributed by atoms with E-state index in [0.29, 0.717) is 18.1 Å². The molecule has 0 aliphatic carbocycles. The van der Waals surface area contributed by atoms with E-state index in [1.807, 2.05) is 38.1 Å². The number of hydrogen-bond acceptors (Lipinski definition) is 4. The Bertz CT molecular complexity index is 1080. The highest BCUT2D eigenvalue weighted by molar-refractivity contribution is 6.30. The molecule has 0 saturated heterocycles. The second kappa shape index (κ2) is 7.74. The molecular formula is C22H23ClFN5O. The number of carbonyl (C=O) groups excluding carboxylic acids is 1. The van der Waals surface area contributed by atoms with E-state index >= 15 is 0 Å². The highest BCUT2D eigenvalue weighted by Gasteiger charge is 2.41. The van der Waals surface area contributed by atoms with Gasteiger partial charge in [0.15, 0.2) is 0 Å². The minimum atomic E-state index is -0.640. The van der Waals surface area contributed by atoms with Crippen LogP contribution in [0.3, 0.4) is 0 Å². The molecule has 1 aliphatic rings. The van der Waals surface area contributed by atoms with Gasteiger partial charge in [-0.2, -0.15) is 0 Å². The number of halogens is 2. The molecule has 1 aliphatic heterocycles. The van der Waals surface area contributed by atoms with E-state index in [-0.39, 0.29) is 18.3 Å². The number of carbonyl (C=O) groups is 1. The molecule has 156 valence electrons. The van der Waals surface area contributed by atoms with E-state index in [9.17, 15) is 9.18 Å². The fourth-order valence-electron chi connectivity index (χ4n) is 3.89. The topological polar surface area (TPSA) is 76.2 Å². The van der Waals surface area contributed by atoms with Gasteiger partial charge in [-0.15, -0.1) is 0 Å². The summed E-state index contributed by atoms with van der Waals surface area (Å²) < 4.78 is 15.4. The number of hydrogen-bond donors (Lipinski definition) is 2. The molecule has 0 fully saturated rings. The number of amides is 1. The highest BCUT2D eigenvalue weighted by Crippen LogP contribution is 2.39. The van der Waals surface area contributed by atoms with Crippen molar-refractivity contribution in [2.45, 2.75) is 25.9 Å². The van der Waals surface area contributed by atoms with Crippen molar-refractivity contribution in [2.24, 2.45) is 5.73 Å². The minimum absolute atomic E-state index is 0.0468. The molecular weight excluding hydrogens is 405 g/mol. The molecule has 1 aromatic heterocycles. The van der Waals surface area contributed by atoms with Gasteiger partial charge in [0.25, 0.3) is 0 Å². The van der Waals surface area contributed by atoms with Crippen LogP contribution in [0.2, 0.25) is 5.02 Å². The summed E-state index contributed by atoms with van der Waals surface area (Å²) in [5, 5.41) is 4.02. The third-order valence-electron chi connectivity index (χ3n) is 5.44. The number of aromatic nitrogens is 2. The Kier molecular flexibility index (Phi) is 5.26. The van der Waals surface area contributed by atoms with Crippen molar-refractivity contribution < 1.29 is 9.18 Å². The summed E-state index contributed by atoms with van der Waals surface area (Å²) in [6.07, 6.45) is 0. The number of nitrogens with zero attached hydrogens (tertiary/aromatic N) is 3. The van der Waals surface area contributed by atoms with Crippen LogP contribution in [-0.4, -0.2) is 33.4 Å². The van der Waals surface area contributed by atoms with Gasteiger partial charge in [-0.3, -0.25) is 4.79 Å². The van der Waals surface area contributed by atoms with Gasteiger partial charge in [0.05, 0.1) is 12.1 Å². The van der Waals surface area contributed by atoms with Gasteiger partial charge in [-0.25, -0.2) is 9.37 Å². The lowest BCUT2D eigenvalue weighted by atomic mass is 9.99. The molecule has 3 N–H and O–H groups in total. The largest absolute Gasteiger partial charge is 0.340 e. The number of fused-ring (bicyclic) bond motifs is 1. The van der Waals surface area contributed by atoms with Crippen LogP contribution in [0.15, 0.2) is 48.5 Å². The minimum Gasteiger partial charge on any atom is -0.340 e. The molecule has 0 bridgehead atoms. The fourth-order valence-corrected chi connectivity index (χ4v) is 4.02. The maximum Gasteiger partial charge on any atom is 0.237 e. The predicted octanol–water partition coefficient (Wildman–Crippen LogP) is 4.12. The zero-order chi connectivity index (χ0) is 21.5. The highest BCUT2D eigenvalue weighted by atomic mass is 35.5. The van der Waals surface area contributed by atoms with Crippen LogP contribution in [0.4, 0.5) is 15.9 Å². The zero-order valence-electron chi connectivity index (χ0n) is 16.8. The first-order valence-electron chi connectivity index (χ1n) is 9.71. The summed E-state index contributed by atoms with van der Waals surface area (Å²) in [4.78, 5) is 19.1. The maximum atomic E-state index is 13.4. The molecule has 0 atom stereocenters. The lowest BCUT2D eigenvalue weighted by Gasteiger charge is -2.42. The molecule has 6 nitrogen and oxygen atoms in total. The number of nitrogens with two attached hydrogens (primary N) is 1. The maximum absolute atomic E-state index is 13.4. The zero-order valence-corrected chi connectivity index (χ0v) is 17.6. The average molecular weight is 428 g/mol. The Morgan fingerprint density at radius 3 is 2.47 bits per heavy atom. The smallest absolute Gasteiger partial charge is 0.237 e. The lowest BCUT2D eigenvalue weighted by molar-refractivity contribution is -0.137. The van der Waals surface area contributed by atoms with E-state index in [4.69, 9.17) is 22.3 Å². The van der Waals surface area contributed by atoms with Gasteiger partial charge in [0, 0.05) is 29.4 Å². The lowest BCUT2D eigenvalue weighted by Crippen LogP contribution is -2.53. The Hall–Kier alpha value is -2.90. The number of nitrogens with one attached hydrogen (secondary N) is 1. The summed E-state index contributed by atoms with van der Waals surface area (Å²) in [6.45, 7) is 4.96. The van der Waals surface area contributed by atoms with Crippen molar-refractivity contribution in [3.05, 3.63) is 65.2 Å². The van der Waals surface area contributed by atoms with Crippen molar-refractivity contribution in [1.82, 2.24) is 14.5 Å². The molecule has 4 rings (SSSR count). The Labute approximate surface area is 179 Å². The normalized spacial score (nSPS) is 15.0. The van der Waals surface area contributed by atoms with Gasteiger partial charge in [0.2, 0.25) is 5.91 Å². The van der Waals surface area contributed by atoms with Crippen LogP contribution in [-0.2, 0) is 16.9 Å². The third kappa shape index (κ3) is 3.55. The van der Waals surface area contributed by atoms with Crippen molar-refractivity contribution in [1.29, 1.82) is 0 Å². The van der Waals surface area contributed by atoms with Gasteiger partial charge in [0.1, 0.15) is 23.2 Å². The average Bonchev–Trinajstić information content (AvgIpc) is 3.09. The van der Waals surface area contributed by atoms with E-state index in [0.717, 1.165) is 28.6 Å². The summed E-state index contributed by atoms with van der Waals surface area (Å²) >= 11 is 6.07. The number of imidazole rings is 1. The molecule has 0 saturated carbocycles. The Morgan fingerprint density at radius 1 is 1.17 bits per heavy atom. The monoisotopic (exact) mass is 427 g/mol. The number of anilines is 2. The van der Waals surface area contributed by atoms with Gasteiger partial charge >= 0.3 is 0 Å². The Balaban J connectivity index is 1.85. The second-order valence-electron chi connectivity index (χ2n) is 7.73. The summed E-state index contributed by atoms with van der Waals surface area (Å²) in [5.74, 6) is 1.12. The first-order chi connectivity index (χ1) is 14.3.